The third kappa shape index (κ3) is 4.13. The number of alkyl halides is 3. The van der Waals surface area contributed by atoms with E-state index in [1.54, 1.807) is 0 Å². The average molecular weight is 300 g/mol. The Balaban J connectivity index is 1.91. The van der Waals surface area contributed by atoms with Crippen LogP contribution in [0, 0.1) is 17.8 Å². The van der Waals surface area contributed by atoms with Crippen molar-refractivity contribution in [2.24, 2.45) is 23.5 Å². The summed E-state index contributed by atoms with van der Waals surface area (Å²) in [4.78, 5) is 0. The molecule has 0 radical (unpaired) electrons. The Morgan fingerprint density at radius 2 is 1.71 bits per heavy atom. The summed E-state index contributed by atoms with van der Waals surface area (Å²) in [7, 11) is 0. The molecule has 1 aliphatic rings. The molecule has 0 aromatic heterocycles. The number of rotatable bonds is 3. The zero-order valence-electron chi connectivity index (χ0n) is 12.5. The van der Waals surface area contributed by atoms with Crippen LogP contribution in [0.3, 0.4) is 0 Å². The third-order valence-corrected chi connectivity index (χ3v) is 4.63. The number of hydrogen-bond donors (Lipinski definition) is 2. The molecule has 3 N–H and O–H groups in total. The van der Waals surface area contributed by atoms with Crippen molar-refractivity contribution < 1.29 is 13.2 Å². The molecular formula is C16H23F3N2. The second-order valence-corrected chi connectivity index (χ2v) is 6.31. The lowest BCUT2D eigenvalue weighted by molar-refractivity contribution is -0.137. The van der Waals surface area contributed by atoms with Gasteiger partial charge in [-0.2, -0.15) is 13.2 Å². The van der Waals surface area contributed by atoms with Crippen molar-refractivity contribution in [1.82, 2.24) is 0 Å². The molecule has 118 valence electrons. The van der Waals surface area contributed by atoms with Crippen molar-refractivity contribution in [2.75, 3.05) is 11.9 Å². The number of halogens is 3. The lowest BCUT2D eigenvalue weighted by Crippen LogP contribution is -2.40. The number of nitrogens with two attached hydrogens (primary N) is 1. The van der Waals surface area contributed by atoms with Gasteiger partial charge < -0.3 is 11.1 Å². The topological polar surface area (TPSA) is 38.0 Å². The van der Waals surface area contributed by atoms with Crippen LogP contribution >= 0.6 is 0 Å². The number of anilines is 1. The zero-order chi connectivity index (χ0) is 15.6. The van der Waals surface area contributed by atoms with Crippen LogP contribution in [0.1, 0.15) is 32.3 Å². The van der Waals surface area contributed by atoms with Crippen molar-refractivity contribution in [3.8, 4) is 0 Å². The van der Waals surface area contributed by atoms with E-state index in [4.69, 9.17) is 5.73 Å². The van der Waals surface area contributed by atoms with Gasteiger partial charge in [-0.3, -0.25) is 0 Å². The Kier molecular flexibility index (Phi) is 4.81. The minimum atomic E-state index is -4.28. The highest BCUT2D eigenvalue weighted by Crippen LogP contribution is 2.33. The van der Waals surface area contributed by atoms with E-state index in [0.29, 0.717) is 17.8 Å². The van der Waals surface area contributed by atoms with Crippen LogP contribution < -0.4 is 11.1 Å². The van der Waals surface area contributed by atoms with Crippen LogP contribution in [0.2, 0.25) is 0 Å². The highest BCUT2D eigenvalue weighted by molar-refractivity contribution is 5.45. The maximum Gasteiger partial charge on any atom is 0.416 e. The lowest BCUT2D eigenvalue weighted by Gasteiger charge is -2.37. The molecule has 0 bridgehead atoms. The highest BCUT2D eigenvalue weighted by atomic mass is 19.4. The van der Waals surface area contributed by atoms with Crippen molar-refractivity contribution in [3.05, 3.63) is 29.8 Å². The minimum absolute atomic E-state index is 0.266. The standard InChI is InChI=1S/C16H23F3N2/c1-10-8-15(20)11(2)7-12(10)9-21-14-5-3-13(4-6-14)16(17,18)19/h3-6,10-12,15,21H,7-9,20H2,1-2H3/t10?,11?,12?,15-/m1/s1. The van der Waals surface area contributed by atoms with E-state index < -0.39 is 11.7 Å². The van der Waals surface area contributed by atoms with Crippen LogP contribution in [0.25, 0.3) is 0 Å². The Hall–Kier alpha value is -1.23. The molecular weight excluding hydrogens is 277 g/mol. The molecule has 0 aliphatic heterocycles. The predicted octanol–water partition coefficient (Wildman–Crippen LogP) is 4.13. The molecule has 2 nitrogen and oxygen atoms in total. The second-order valence-electron chi connectivity index (χ2n) is 6.31. The van der Waals surface area contributed by atoms with Crippen LogP contribution in [0.5, 0.6) is 0 Å². The lowest BCUT2D eigenvalue weighted by atomic mass is 9.73. The Morgan fingerprint density at radius 1 is 1.10 bits per heavy atom. The molecule has 3 unspecified atom stereocenters. The van der Waals surface area contributed by atoms with Gasteiger partial charge in [0.1, 0.15) is 0 Å². The summed E-state index contributed by atoms with van der Waals surface area (Å²) < 4.78 is 37.5. The quantitative estimate of drug-likeness (QED) is 0.881. The van der Waals surface area contributed by atoms with Crippen LogP contribution in [0.4, 0.5) is 18.9 Å². The minimum Gasteiger partial charge on any atom is -0.385 e. The molecule has 21 heavy (non-hydrogen) atoms. The average Bonchev–Trinajstić information content (AvgIpc) is 2.41. The van der Waals surface area contributed by atoms with Crippen molar-refractivity contribution in [1.29, 1.82) is 0 Å². The maximum atomic E-state index is 12.5. The third-order valence-electron chi connectivity index (χ3n) is 4.63. The van der Waals surface area contributed by atoms with Gasteiger partial charge in [-0.25, -0.2) is 0 Å². The smallest absolute Gasteiger partial charge is 0.385 e. The Bertz CT molecular complexity index is 456. The van der Waals surface area contributed by atoms with E-state index in [9.17, 15) is 13.2 Å². The van der Waals surface area contributed by atoms with Gasteiger partial charge in [-0.1, -0.05) is 13.8 Å². The molecule has 0 heterocycles. The largest absolute Gasteiger partial charge is 0.416 e. The summed E-state index contributed by atoms with van der Waals surface area (Å²) >= 11 is 0. The molecule has 1 fully saturated rings. The van der Waals surface area contributed by atoms with E-state index in [1.807, 2.05) is 0 Å². The molecule has 4 atom stereocenters. The molecule has 0 amide bonds. The summed E-state index contributed by atoms with van der Waals surface area (Å²) in [6.07, 6.45) is -2.20. The number of nitrogens with one attached hydrogen (secondary N) is 1. The molecule has 0 saturated heterocycles. The van der Waals surface area contributed by atoms with Crippen LogP contribution in [-0.4, -0.2) is 12.6 Å². The fourth-order valence-electron chi connectivity index (χ4n) is 3.05. The van der Waals surface area contributed by atoms with Gasteiger partial charge in [0, 0.05) is 18.3 Å². The molecule has 1 aliphatic carbocycles. The Morgan fingerprint density at radius 3 is 2.29 bits per heavy atom. The summed E-state index contributed by atoms with van der Waals surface area (Å²) in [5, 5.41) is 3.25. The van der Waals surface area contributed by atoms with Crippen molar-refractivity contribution >= 4 is 5.69 Å². The first kappa shape index (κ1) is 16.1. The summed E-state index contributed by atoms with van der Waals surface area (Å²) in [6, 6.07) is 5.48. The number of benzene rings is 1. The van der Waals surface area contributed by atoms with Gasteiger partial charge in [0.2, 0.25) is 0 Å². The van der Waals surface area contributed by atoms with Crippen LogP contribution in [-0.2, 0) is 6.18 Å². The summed E-state index contributed by atoms with van der Waals surface area (Å²) in [5.41, 5.74) is 6.19. The first-order valence-corrected chi connectivity index (χ1v) is 7.44. The number of hydrogen-bond acceptors (Lipinski definition) is 2. The molecule has 5 heteroatoms. The second kappa shape index (κ2) is 6.26. The van der Waals surface area contributed by atoms with E-state index in [0.717, 1.165) is 37.2 Å². The normalized spacial score (nSPS) is 30.2. The fourth-order valence-corrected chi connectivity index (χ4v) is 3.05. The van der Waals surface area contributed by atoms with Crippen molar-refractivity contribution in [3.63, 3.8) is 0 Å². The van der Waals surface area contributed by atoms with Gasteiger partial charge in [0.25, 0.3) is 0 Å². The SMILES string of the molecule is CC1C[C@@H](N)C(C)CC1CNc1ccc(C(F)(F)F)cc1. The van der Waals surface area contributed by atoms with Gasteiger partial charge in [-0.05, 0) is 54.9 Å². The maximum absolute atomic E-state index is 12.5. The molecule has 0 spiro atoms. The summed E-state index contributed by atoms with van der Waals surface area (Å²) in [5.74, 6) is 1.56. The van der Waals surface area contributed by atoms with Gasteiger partial charge in [0.15, 0.2) is 0 Å². The highest BCUT2D eigenvalue weighted by Gasteiger charge is 2.31. The first-order valence-electron chi connectivity index (χ1n) is 7.44. The Labute approximate surface area is 123 Å². The van der Waals surface area contributed by atoms with E-state index in [-0.39, 0.29) is 6.04 Å². The summed E-state index contributed by atoms with van der Waals surface area (Å²) in [6.45, 7) is 5.15. The molecule has 1 saturated carbocycles. The van der Waals surface area contributed by atoms with Gasteiger partial charge >= 0.3 is 6.18 Å². The van der Waals surface area contributed by atoms with Gasteiger partial charge in [-0.15, -0.1) is 0 Å². The van der Waals surface area contributed by atoms with E-state index in [2.05, 4.69) is 19.2 Å². The molecule has 1 aromatic carbocycles. The van der Waals surface area contributed by atoms with Crippen molar-refractivity contribution in [2.45, 2.75) is 38.9 Å². The van der Waals surface area contributed by atoms with E-state index >= 15 is 0 Å². The zero-order valence-corrected chi connectivity index (χ0v) is 12.5. The van der Waals surface area contributed by atoms with Crippen LogP contribution in [0.15, 0.2) is 24.3 Å². The fraction of sp³-hybridized carbons (Fsp3) is 0.625. The molecule has 2 rings (SSSR count). The first-order chi connectivity index (χ1) is 9.77. The van der Waals surface area contributed by atoms with E-state index in [1.165, 1.54) is 12.1 Å². The molecule has 1 aromatic rings. The monoisotopic (exact) mass is 300 g/mol. The predicted molar refractivity (Wildman–Crippen MR) is 79.0 cm³/mol. The van der Waals surface area contributed by atoms with Gasteiger partial charge in [0.05, 0.1) is 5.56 Å².